The third kappa shape index (κ3) is 2.54. The Labute approximate surface area is 108 Å². The van der Waals surface area contributed by atoms with Crippen molar-refractivity contribution >= 4 is 17.3 Å². The summed E-state index contributed by atoms with van der Waals surface area (Å²) >= 11 is 5.76. The van der Waals surface area contributed by atoms with Gasteiger partial charge in [0.05, 0.1) is 10.7 Å². The number of benzene rings is 2. The van der Waals surface area contributed by atoms with E-state index in [2.05, 4.69) is 0 Å². The molecule has 0 saturated heterocycles. The summed E-state index contributed by atoms with van der Waals surface area (Å²) in [7, 11) is 0. The standard InChI is InChI=1S/C13H10ClF2NO/c14-12-8(3-1-4-9(12)15)7-18-13-10(16)5-2-6-11(13)17/h1-6H,7,17H2. The van der Waals surface area contributed by atoms with Gasteiger partial charge >= 0.3 is 0 Å². The number of halogens is 3. The Morgan fingerprint density at radius 3 is 2.44 bits per heavy atom. The molecule has 0 aliphatic heterocycles. The van der Waals surface area contributed by atoms with Gasteiger partial charge in [-0.05, 0) is 18.2 Å². The molecule has 18 heavy (non-hydrogen) atoms. The lowest BCUT2D eigenvalue weighted by Gasteiger charge is -2.10. The Balaban J connectivity index is 2.19. The lowest BCUT2D eigenvalue weighted by molar-refractivity contribution is 0.292. The van der Waals surface area contributed by atoms with Gasteiger partial charge in [0.2, 0.25) is 0 Å². The molecule has 0 spiro atoms. The molecule has 0 radical (unpaired) electrons. The van der Waals surface area contributed by atoms with Crippen molar-refractivity contribution in [3.63, 3.8) is 0 Å². The molecule has 0 saturated carbocycles. The van der Waals surface area contributed by atoms with E-state index < -0.39 is 11.6 Å². The van der Waals surface area contributed by atoms with E-state index in [1.54, 1.807) is 6.07 Å². The van der Waals surface area contributed by atoms with Crippen molar-refractivity contribution in [2.24, 2.45) is 0 Å². The second-order valence-electron chi connectivity index (χ2n) is 3.66. The molecule has 0 aromatic heterocycles. The van der Waals surface area contributed by atoms with E-state index in [0.717, 1.165) is 0 Å². The Morgan fingerprint density at radius 1 is 1.06 bits per heavy atom. The van der Waals surface area contributed by atoms with E-state index in [0.29, 0.717) is 5.56 Å². The molecule has 0 aliphatic rings. The highest BCUT2D eigenvalue weighted by Crippen LogP contribution is 2.27. The number of hydrogen-bond acceptors (Lipinski definition) is 2. The molecule has 0 amide bonds. The summed E-state index contributed by atoms with van der Waals surface area (Å²) in [6.45, 7) is -0.0538. The maximum absolute atomic E-state index is 13.4. The van der Waals surface area contributed by atoms with Gasteiger partial charge in [0.25, 0.3) is 0 Å². The predicted octanol–water partition coefficient (Wildman–Crippen LogP) is 3.78. The molecule has 2 aromatic carbocycles. The smallest absolute Gasteiger partial charge is 0.178 e. The first-order valence-corrected chi connectivity index (χ1v) is 5.57. The molecule has 2 nitrogen and oxygen atoms in total. The fraction of sp³-hybridized carbons (Fsp3) is 0.0769. The van der Waals surface area contributed by atoms with Gasteiger partial charge in [0, 0.05) is 5.56 Å². The topological polar surface area (TPSA) is 35.2 Å². The number of hydrogen-bond donors (Lipinski definition) is 1. The Hall–Kier alpha value is -1.81. The van der Waals surface area contributed by atoms with Gasteiger partial charge in [-0.3, -0.25) is 0 Å². The fourth-order valence-electron chi connectivity index (χ4n) is 1.49. The largest absolute Gasteiger partial charge is 0.484 e. The monoisotopic (exact) mass is 269 g/mol. The number of ether oxygens (including phenoxy) is 1. The van der Waals surface area contributed by atoms with Crippen LogP contribution in [-0.4, -0.2) is 0 Å². The van der Waals surface area contributed by atoms with E-state index >= 15 is 0 Å². The van der Waals surface area contributed by atoms with Crippen LogP contribution in [0.15, 0.2) is 36.4 Å². The summed E-state index contributed by atoms with van der Waals surface area (Å²) in [6, 6.07) is 8.58. The van der Waals surface area contributed by atoms with Gasteiger partial charge in [-0.1, -0.05) is 29.8 Å². The zero-order valence-corrected chi connectivity index (χ0v) is 10.0. The molecule has 5 heteroatoms. The lowest BCUT2D eigenvalue weighted by atomic mass is 10.2. The van der Waals surface area contributed by atoms with Crippen LogP contribution >= 0.6 is 11.6 Å². The van der Waals surface area contributed by atoms with Gasteiger partial charge in [0.15, 0.2) is 11.6 Å². The van der Waals surface area contributed by atoms with Crippen LogP contribution in [-0.2, 0) is 6.61 Å². The minimum atomic E-state index is -0.567. The third-order valence-corrected chi connectivity index (χ3v) is 2.82. The molecule has 94 valence electrons. The summed E-state index contributed by atoms with van der Waals surface area (Å²) in [5.41, 5.74) is 6.19. The van der Waals surface area contributed by atoms with Crippen LogP contribution in [0, 0.1) is 11.6 Å². The molecular formula is C13H10ClF2NO. The van der Waals surface area contributed by atoms with Crippen LogP contribution < -0.4 is 10.5 Å². The number of nitrogens with two attached hydrogens (primary N) is 1. The predicted molar refractivity (Wildman–Crippen MR) is 66.6 cm³/mol. The summed E-state index contributed by atoms with van der Waals surface area (Å²) in [6.07, 6.45) is 0. The maximum Gasteiger partial charge on any atom is 0.178 e. The van der Waals surface area contributed by atoms with E-state index in [9.17, 15) is 8.78 Å². The fourth-order valence-corrected chi connectivity index (χ4v) is 1.67. The van der Waals surface area contributed by atoms with Gasteiger partial charge in [-0.2, -0.15) is 0 Å². The van der Waals surface area contributed by atoms with E-state index in [1.807, 2.05) is 0 Å². The molecule has 0 bridgehead atoms. The maximum atomic E-state index is 13.4. The average molecular weight is 270 g/mol. The zero-order valence-electron chi connectivity index (χ0n) is 9.29. The van der Waals surface area contributed by atoms with Crippen molar-refractivity contribution in [3.05, 3.63) is 58.6 Å². The first-order valence-electron chi connectivity index (χ1n) is 5.19. The molecule has 0 heterocycles. The second-order valence-corrected chi connectivity index (χ2v) is 4.04. The Kier molecular flexibility index (Phi) is 3.67. The van der Waals surface area contributed by atoms with Crippen LogP contribution in [0.4, 0.5) is 14.5 Å². The first kappa shape index (κ1) is 12.6. The van der Waals surface area contributed by atoms with Crippen LogP contribution in [0.1, 0.15) is 5.56 Å². The second kappa shape index (κ2) is 5.23. The van der Waals surface area contributed by atoms with Crippen molar-refractivity contribution in [1.29, 1.82) is 0 Å². The summed E-state index contributed by atoms with van der Waals surface area (Å²) < 4.78 is 31.8. The van der Waals surface area contributed by atoms with Crippen molar-refractivity contribution in [2.45, 2.75) is 6.61 Å². The van der Waals surface area contributed by atoms with Gasteiger partial charge in [-0.25, -0.2) is 8.78 Å². The minimum absolute atomic E-state index is 0.0348. The van der Waals surface area contributed by atoms with Crippen LogP contribution in [0.5, 0.6) is 5.75 Å². The quantitative estimate of drug-likeness (QED) is 0.861. The molecule has 2 rings (SSSR count). The SMILES string of the molecule is Nc1cccc(F)c1OCc1cccc(F)c1Cl. The molecule has 0 atom stereocenters. The highest BCUT2D eigenvalue weighted by atomic mass is 35.5. The average Bonchev–Trinajstić information content (AvgIpc) is 2.33. The van der Waals surface area contributed by atoms with Crippen LogP contribution in [0.25, 0.3) is 0 Å². The number of anilines is 1. The minimum Gasteiger partial charge on any atom is -0.484 e. The van der Waals surface area contributed by atoms with Gasteiger partial charge in [0.1, 0.15) is 12.4 Å². The van der Waals surface area contributed by atoms with Crippen molar-refractivity contribution in [2.75, 3.05) is 5.73 Å². The third-order valence-electron chi connectivity index (χ3n) is 2.40. The number of rotatable bonds is 3. The van der Waals surface area contributed by atoms with Crippen molar-refractivity contribution in [3.8, 4) is 5.75 Å². The Bertz CT molecular complexity index is 555. The van der Waals surface area contributed by atoms with Gasteiger partial charge in [-0.15, -0.1) is 0 Å². The zero-order chi connectivity index (χ0) is 13.1. The van der Waals surface area contributed by atoms with E-state index in [4.69, 9.17) is 22.1 Å². The summed E-state index contributed by atoms with van der Waals surface area (Å²) in [5.74, 6) is -1.17. The molecule has 0 fully saturated rings. The van der Waals surface area contributed by atoms with E-state index in [1.165, 1.54) is 30.3 Å². The normalized spacial score (nSPS) is 10.4. The van der Waals surface area contributed by atoms with Crippen molar-refractivity contribution in [1.82, 2.24) is 0 Å². The Morgan fingerprint density at radius 2 is 1.72 bits per heavy atom. The highest BCUT2D eigenvalue weighted by molar-refractivity contribution is 6.31. The summed E-state index contributed by atoms with van der Waals surface area (Å²) in [4.78, 5) is 0. The molecule has 0 unspecified atom stereocenters. The summed E-state index contributed by atoms with van der Waals surface area (Å²) in [5, 5.41) is -0.0348. The molecule has 2 N–H and O–H groups in total. The molecule has 2 aromatic rings. The number of para-hydroxylation sites is 1. The first-order chi connectivity index (χ1) is 8.59. The molecule has 0 aliphatic carbocycles. The van der Waals surface area contributed by atoms with E-state index in [-0.39, 0.29) is 23.1 Å². The molecular weight excluding hydrogens is 260 g/mol. The highest BCUT2D eigenvalue weighted by Gasteiger charge is 2.10. The van der Waals surface area contributed by atoms with Crippen LogP contribution in [0.3, 0.4) is 0 Å². The number of nitrogen functional groups attached to an aromatic ring is 1. The van der Waals surface area contributed by atoms with Gasteiger partial charge < -0.3 is 10.5 Å². The lowest BCUT2D eigenvalue weighted by Crippen LogP contribution is -2.02. The van der Waals surface area contributed by atoms with Crippen molar-refractivity contribution < 1.29 is 13.5 Å². The van der Waals surface area contributed by atoms with Crippen LogP contribution in [0.2, 0.25) is 5.02 Å².